The maximum Gasteiger partial charge on any atom is 0.330 e. The van der Waals surface area contributed by atoms with E-state index in [1.54, 1.807) is 0 Å². The summed E-state index contributed by atoms with van der Waals surface area (Å²) in [5, 5.41) is 0.967. The normalized spacial score (nSPS) is 11.4. The van der Waals surface area contributed by atoms with Gasteiger partial charge in [-0.25, -0.2) is 4.79 Å². The van der Waals surface area contributed by atoms with Gasteiger partial charge in [0.05, 0.1) is 6.42 Å². The minimum atomic E-state index is -0.633. The highest BCUT2D eigenvalue weighted by Gasteiger charge is 2.25. The molecule has 31 heavy (non-hydrogen) atoms. The highest BCUT2D eigenvalue weighted by atomic mass is 16.2. The number of hydrogen-bond donors (Lipinski definition) is 3. The van der Waals surface area contributed by atoms with E-state index >= 15 is 0 Å². The third-order valence-corrected chi connectivity index (χ3v) is 5.47. The molecule has 1 amide bonds. The highest BCUT2D eigenvalue weighted by molar-refractivity contribution is 5.99. The molecule has 0 saturated heterocycles. The van der Waals surface area contributed by atoms with E-state index in [1.807, 2.05) is 37.4 Å². The van der Waals surface area contributed by atoms with Gasteiger partial charge in [0.25, 0.3) is 5.56 Å². The van der Waals surface area contributed by atoms with Crippen LogP contribution in [0.2, 0.25) is 0 Å². The Morgan fingerprint density at radius 1 is 1.23 bits per heavy atom. The molecule has 0 aliphatic rings. The van der Waals surface area contributed by atoms with Crippen LogP contribution in [0.15, 0.2) is 40.1 Å². The number of rotatable bonds is 9. The monoisotopic (exact) mass is 425 g/mol. The largest absolute Gasteiger partial charge is 0.383 e. The molecule has 0 fully saturated rings. The quantitative estimate of drug-likeness (QED) is 0.488. The molecule has 0 atom stereocenters. The van der Waals surface area contributed by atoms with E-state index in [4.69, 9.17) is 5.73 Å². The number of carbonyl (C=O) groups is 1. The van der Waals surface area contributed by atoms with Gasteiger partial charge < -0.3 is 15.6 Å². The van der Waals surface area contributed by atoms with Crippen molar-refractivity contribution in [1.29, 1.82) is 0 Å². The van der Waals surface area contributed by atoms with Crippen molar-refractivity contribution >= 4 is 28.3 Å². The maximum atomic E-state index is 13.4. The Kier molecular flexibility index (Phi) is 6.99. The van der Waals surface area contributed by atoms with E-state index in [0.717, 1.165) is 29.3 Å². The Bertz CT molecular complexity index is 1170. The number of hydrogen-bond acceptors (Lipinski definition) is 4. The third-order valence-electron chi connectivity index (χ3n) is 5.47. The van der Waals surface area contributed by atoms with Crippen LogP contribution in [0.1, 0.15) is 45.6 Å². The molecular weight excluding hydrogens is 394 g/mol. The molecule has 8 nitrogen and oxygen atoms in total. The second-order valence-corrected chi connectivity index (χ2v) is 8.26. The fraction of sp³-hybridized carbons (Fsp3) is 0.435. The first-order valence-corrected chi connectivity index (χ1v) is 10.8. The number of nitrogen functional groups attached to an aromatic ring is 1. The minimum Gasteiger partial charge on any atom is -0.383 e. The Balaban J connectivity index is 2.01. The van der Waals surface area contributed by atoms with E-state index in [1.165, 1.54) is 9.47 Å². The van der Waals surface area contributed by atoms with E-state index < -0.39 is 11.2 Å². The molecule has 2 aromatic heterocycles. The first kappa shape index (κ1) is 22.4. The molecule has 4 N–H and O–H groups in total. The fourth-order valence-corrected chi connectivity index (χ4v) is 3.66. The summed E-state index contributed by atoms with van der Waals surface area (Å²) in [5.41, 5.74) is 6.95. The van der Waals surface area contributed by atoms with E-state index in [-0.39, 0.29) is 23.8 Å². The Morgan fingerprint density at radius 3 is 2.68 bits per heavy atom. The van der Waals surface area contributed by atoms with Crippen LogP contribution in [0.25, 0.3) is 10.9 Å². The van der Waals surface area contributed by atoms with E-state index in [0.29, 0.717) is 25.4 Å². The predicted octanol–water partition coefficient (Wildman–Crippen LogP) is 3.02. The smallest absolute Gasteiger partial charge is 0.330 e. The average molecular weight is 426 g/mol. The molecule has 0 bridgehead atoms. The zero-order chi connectivity index (χ0) is 22.5. The van der Waals surface area contributed by atoms with Crippen molar-refractivity contribution in [3.8, 4) is 0 Å². The molecule has 3 rings (SSSR count). The third kappa shape index (κ3) is 4.90. The summed E-state index contributed by atoms with van der Waals surface area (Å²) < 4.78 is 1.35. The Morgan fingerprint density at radius 2 is 1.97 bits per heavy atom. The number of aromatic nitrogens is 3. The standard InChI is InChI=1S/C23H31N5O3/c1-4-5-11-28-21(24)20(22(30)26-23(28)31)27(12-10-15(2)3)19(29)13-16-14-25-18-9-7-6-8-17(16)18/h6-9,14-15,25H,4-5,10-13,24H2,1-3H3,(H,26,30,31). The number of nitrogens with one attached hydrogen (secondary N) is 2. The molecule has 166 valence electrons. The lowest BCUT2D eigenvalue weighted by Crippen LogP contribution is -2.42. The van der Waals surface area contributed by atoms with Gasteiger partial charge in [0.2, 0.25) is 5.91 Å². The zero-order valence-corrected chi connectivity index (χ0v) is 18.4. The number of para-hydroxylation sites is 1. The minimum absolute atomic E-state index is 0.0400. The SMILES string of the molecule is CCCCn1c(N)c(N(CCC(C)C)C(=O)Cc2c[nH]c3ccccc23)c(=O)[nH]c1=O. The summed E-state index contributed by atoms with van der Waals surface area (Å²) in [6.45, 7) is 6.85. The number of anilines is 2. The van der Waals surface area contributed by atoms with Crippen LogP contribution < -0.4 is 21.9 Å². The first-order chi connectivity index (χ1) is 14.8. The molecule has 0 aliphatic carbocycles. The number of benzene rings is 1. The van der Waals surface area contributed by atoms with Crippen LogP contribution >= 0.6 is 0 Å². The summed E-state index contributed by atoms with van der Waals surface area (Å²) in [6, 6.07) is 7.76. The molecule has 2 heterocycles. The predicted molar refractivity (Wildman–Crippen MR) is 124 cm³/mol. The second kappa shape index (κ2) is 9.68. The molecule has 0 saturated carbocycles. The molecule has 8 heteroatoms. The lowest BCUT2D eigenvalue weighted by molar-refractivity contribution is -0.118. The first-order valence-electron chi connectivity index (χ1n) is 10.8. The number of amides is 1. The number of H-pyrrole nitrogens is 2. The number of aromatic amines is 2. The van der Waals surface area contributed by atoms with Gasteiger partial charge in [-0.1, -0.05) is 45.4 Å². The molecule has 0 aliphatic heterocycles. The number of carbonyl (C=O) groups excluding carboxylic acids is 1. The van der Waals surface area contributed by atoms with Crippen molar-refractivity contribution in [2.75, 3.05) is 17.2 Å². The zero-order valence-electron chi connectivity index (χ0n) is 18.4. The van der Waals surface area contributed by atoms with Crippen LogP contribution in [0, 0.1) is 5.92 Å². The van der Waals surface area contributed by atoms with E-state index in [2.05, 4.69) is 23.8 Å². The van der Waals surface area contributed by atoms with Gasteiger partial charge >= 0.3 is 5.69 Å². The molecule has 0 unspecified atom stereocenters. The number of nitrogens with two attached hydrogens (primary N) is 1. The van der Waals surface area contributed by atoms with Crippen molar-refractivity contribution in [1.82, 2.24) is 14.5 Å². The van der Waals surface area contributed by atoms with Gasteiger partial charge in [-0.2, -0.15) is 0 Å². The van der Waals surface area contributed by atoms with Crippen LogP contribution in [-0.2, 0) is 17.8 Å². The van der Waals surface area contributed by atoms with Gasteiger partial charge in [0.15, 0.2) is 5.69 Å². The lowest BCUT2D eigenvalue weighted by Gasteiger charge is -2.25. The van der Waals surface area contributed by atoms with Crippen molar-refractivity contribution in [3.05, 3.63) is 56.9 Å². The topological polar surface area (TPSA) is 117 Å². The summed E-state index contributed by atoms with van der Waals surface area (Å²) in [7, 11) is 0. The molecule has 0 spiro atoms. The summed E-state index contributed by atoms with van der Waals surface area (Å²) in [6.07, 6.45) is 4.25. The Labute approximate surface area is 181 Å². The number of fused-ring (bicyclic) bond motifs is 1. The highest BCUT2D eigenvalue weighted by Crippen LogP contribution is 2.23. The lowest BCUT2D eigenvalue weighted by atomic mass is 10.1. The summed E-state index contributed by atoms with van der Waals surface area (Å²) in [4.78, 5) is 45.4. The summed E-state index contributed by atoms with van der Waals surface area (Å²) >= 11 is 0. The van der Waals surface area contributed by atoms with Crippen LogP contribution in [0.5, 0.6) is 0 Å². The number of unbranched alkanes of at least 4 members (excludes halogenated alkanes) is 1. The van der Waals surface area contributed by atoms with Gasteiger partial charge in [-0.05, 0) is 30.4 Å². The maximum absolute atomic E-state index is 13.4. The van der Waals surface area contributed by atoms with E-state index in [9.17, 15) is 14.4 Å². The van der Waals surface area contributed by atoms with Crippen molar-refractivity contribution in [2.45, 2.75) is 53.0 Å². The molecule has 3 aromatic rings. The second-order valence-electron chi connectivity index (χ2n) is 8.26. The van der Waals surface area contributed by atoms with Gasteiger partial charge in [0.1, 0.15) is 5.82 Å². The summed E-state index contributed by atoms with van der Waals surface area (Å²) in [5.74, 6) is 0.135. The average Bonchev–Trinajstić information content (AvgIpc) is 3.12. The molecule has 0 radical (unpaired) electrons. The molecular formula is C23H31N5O3. The van der Waals surface area contributed by atoms with Gasteiger partial charge in [-0.15, -0.1) is 0 Å². The van der Waals surface area contributed by atoms with Crippen LogP contribution in [-0.4, -0.2) is 27.0 Å². The van der Waals surface area contributed by atoms with Gasteiger partial charge in [-0.3, -0.25) is 19.1 Å². The molecule has 1 aromatic carbocycles. The van der Waals surface area contributed by atoms with Crippen molar-refractivity contribution < 1.29 is 4.79 Å². The van der Waals surface area contributed by atoms with Crippen molar-refractivity contribution in [2.24, 2.45) is 5.92 Å². The Hall–Kier alpha value is -3.29. The fourth-order valence-electron chi connectivity index (χ4n) is 3.66. The number of nitrogens with zero attached hydrogens (tertiary/aromatic N) is 2. The van der Waals surface area contributed by atoms with Crippen molar-refractivity contribution in [3.63, 3.8) is 0 Å². The van der Waals surface area contributed by atoms with Crippen LogP contribution in [0.3, 0.4) is 0 Å². The van der Waals surface area contributed by atoms with Crippen LogP contribution in [0.4, 0.5) is 11.5 Å². The van der Waals surface area contributed by atoms with Gasteiger partial charge in [0, 0.05) is 30.2 Å².